The molecule has 1 aliphatic rings. The highest BCUT2D eigenvalue weighted by Crippen LogP contribution is 2.49. The number of benzene rings is 1. The molecule has 2 N–H and O–H groups in total. The lowest BCUT2D eigenvalue weighted by Crippen LogP contribution is -2.44. The third kappa shape index (κ3) is 2.27. The quantitative estimate of drug-likeness (QED) is 0.909. The van der Waals surface area contributed by atoms with Crippen molar-refractivity contribution in [2.45, 2.75) is 31.1 Å². The number of alkyl halides is 3. The van der Waals surface area contributed by atoms with Crippen LogP contribution in [-0.2, 0) is 6.54 Å². The molecule has 1 heterocycles. The van der Waals surface area contributed by atoms with E-state index in [1.165, 1.54) is 0 Å². The van der Waals surface area contributed by atoms with Crippen molar-refractivity contribution in [2.24, 2.45) is 0 Å². The first-order valence-electron chi connectivity index (χ1n) is 6.39. The number of rotatable bonds is 4. The summed E-state index contributed by atoms with van der Waals surface area (Å²) in [5.41, 5.74) is -1.29. The van der Waals surface area contributed by atoms with Crippen LogP contribution in [0.25, 0.3) is 11.0 Å². The topological polar surface area (TPSA) is 62.5 Å². The summed E-state index contributed by atoms with van der Waals surface area (Å²) >= 11 is 0. The predicted octanol–water partition coefficient (Wildman–Crippen LogP) is 3.32. The Balaban J connectivity index is 1.93. The zero-order valence-corrected chi connectivity index (χ0v) is 10.8. The zero-order chi connectivity index (χ0) is 15.3. The molecule has 1 aliphatic carbocycles. The Morgan fingerprint density at radius 3 is 2.57 bits per heavy atom. The van der Waals surface area contributed by atoms with E-state index in [9.17, 15) is 18.0 Å². The van der Waals surface area contributed by atoms with Gasteiger partial charge < -0.3 is 9.52 Å². The molecular weight excluding hydrogens is 287 g/mol. The Kier molecular flexibility index (Phi) is 2.98. The average Bonchev–Trinajstić information content (AvgIpc) is 3.12. The van der Waals surface area contributed by atoms with E-state index in [1.807, 2.05) is 0 Å². The maximum atomic E-state index is 12.9. The zero-order valence-electron chi connectivity index (χ0n) is 10.8. The summed E-state index contributed by atoms with van der Waals surface area (Å²) in [5.74, 6) is -1.61. The number of hydrogen-bond acceptors (Lipinski definition) is 3. The van der Waals surface area contributed by atoms with Crippen molar-refractivity contribution in [3.8, 4) is 0 Å². The number of furan rings is 1. The van der Waals surface area contributed by atoms with E-state index >= 15 is 0 Å². The summed E-state index contributed by atoms with van der Waals surface area (Å²) in [7, 11) is 0. The van der Waals surface area contributed by atoms with Crippen molar-refractivity contribution in [1.29, 1.82) is 0 Å². The van der Waals surface area contributed by atoms with Gasteiger partial charge in [-0.2, -0.15) is 13.2 Å². The molecule has 2 aromatic rings. The number of carboxylic acids is 1. The molecule has 1 aromatic heterocycles. The minimum Gasteiger partial charge on any atom is -0.475 e. The Bertz CT molecular complexity index is 701. The molecule has 0 bridgehead atoms. The van der Waals surface area contributed by atoms with Crippen LogP contribution in [0.2, 0.25) is 0 Å². The van der Waals surface area contributed by atoms with Crippen molar-refractivity contribution in [3.63, 3.8) is 0 Å². The van der Waals surface area contributed by atoms with Crippen LogP contribution in [0.3, 0.4) is 0 Å². The largest absolute Gasteiger partial charge is 0.475 e. The molecule has 1 saturated carbocycles. The molecule has 112 valence electrons. The van der Waals surface area contributed by atoms with Gasteiger partial charge in [0.2, 0.25) is 5.76 Å². The van der Waals surface area contributed by atoms with E-state index in [0.29, 0.717) is 11.0 Å². The van der Waals surface area contributed by atoms with Gasteiger partial charge in [-0.3, -0.25) is 5.32 Å². The minimum absolute atomic E-state index is 0.00862. The molecule has 1 aromatic carbocycles. The fourth-order valence-corrected chi connectivity index (χ4v) is 2.39. The molecule has 0 aliphatic heterocycles. The molecule has 0 saturated heterocycles. The molecule has 1 fully saturated rings. The maximum absolute atomic E-state index is 12.9. The SMILES string of the molecule is O=C(O)c1oc2ccccc2c1CNC1(C(F)(F)F)CC1. The number of para-hydroxylation sites is 1. The summed E-state index contributed by atoms with van der Waals surface area (Å²) in [6, 6.07) is 6.58. The second-order valence-corrected chi connectivity index (χ2v) is 5.14. The Hall–Kier alpha value is -2.02. The van der Waals surface area contributed by atoms with E-state index in [4.69, 9.17) is 9.52 Å². The number of hydrogen-bond donors (Lipinski definition) is 2. The van der Waals surface area contributed by atoms with E-state index < -0.39 is 17.7 Å². The number of aromatic carboxylic acids is 1. The third-order valence-electron chi connectivity index (χ3n) is 3.79. The van der Waals surface area contributed by atoms with Crippen molar-refractivity contribution in [2.75, 3.05) is 0 Å². The van der Waals surface area contributed by atoms with Gasteiger partial charge in [-0.25, -0.2) is 4.79 Å². The van der Waals surface area contributed by atoms with E-state index in [1.54, 1.807) is 24.3 Å². The number of fused-ring (bicyclic) bond motifs is 1. The maximum Gasteiger partial charge on any atom is 0.406 e. The number of halogens is 3. The van der Waals surface area contributed by atoms with Crippen LogP contribution in [-0.4, -0.2) is 22.8 Å². The molecule has 21 heavy (non-hydrogen) atoms. The van der Waals surface area contributed by atoms with Crippen LogP contribution < -0.4 is 5.32 Å². The molecule has 3 rings (SSSR count). The smallest absolute Gasteiger partial charge is 0.406 e. The lowest BCUT2D eigenvalue weighted by molar-refractivity contribution is -0.166. The van der Waals surface area contributed by atoms with Gasteiger partial charge in [0.1, 0.15) is 11.1 Å². The lowest BCUT2D eigenvalue weighted by atomic mass is 10.1. The van der Waals surface area contributed by atoms with E-state index in [2.05, 4.69) is 5.32 Å². The molecule has 0 unspecified atom stereocenters. The molecule has 7 heteroatoms. The Morgan fingerprint density at radius 2 is 2.00 bits per heavy atom. The highest BCUT2D eigenvalue weighted by atomic mass is 19.4. The van der Waals surface area contributed by atoms with E-state index in [0.717, 1.165) is 0 Å². The van der Waals surface area contributed by atoms with Crippen molar-refractivity contribution in [3.05, 3.63) is 35.6 Å². The van der Waals surface area contributed by atoms with Crippen molar-refractivity contribution >= 4 is 16.9 Å². The first kappa shape index (κ1) is 13.9. The third-order valence-corrected chi connectivity index (χ3v) is 3.79. The minimum atomic E-state index is -4.34. The van der Waals surface area contributed by atoms with Gasteiger partial charge in [0, 0.05) is 17.5 Å². The van der Waals surface area contributed by atoms with Crippen LogP contribution in [0, 0.1) is 0 Å². The number of nitrogens with one attached hydrogen (secondary N) is 1. The van der Waals surface area contributed by atoms with Crippen LogP contribution in [0.15, 0.2) is 28.7 Å². The van der Waals surface area contributed by atoms with Gasteiger partial charge >= 0.3 is 12.1 Å². The fraction of sp³-hybridized carbons (Fsp3) is 0.357. The standard InChI is InChI=1S/C14H12F3NO3/c15-14(16,17)13(5-6-13)18-7-9-8-3-1-2-4-10(8)21-11(9)12(19)20/h1-4,18H,5-7H2,(H,19,20). The van der Waals surface area contributed by atoms with Gasteiger partial charge in [-0.15, -0.1) is 0 Å². The van der Waals surface area contributed by atoms with Crippen LogP contribution in [0.5, 0.6) is 0 Å². The molecular formula is C14H12F3NO3. The fourth-order valence-electron chi connectivity index (χ4n) is 2.39. The predicted molar refractivity (Wildman–Crippen MR) is 68.0 cm³/mol. The summed E-state index contributed by atoms with van der Waals surface area (Å²) in [5, 5.41) is 12.1. The summed E-state index contributed by atoms with van der Waals surface area (Å²) in [6.07, 6.45) is -4.32. The second kappa shape index (κ2) is 4.49. The van der Waals surface area contributed by atoms with E-state index in [-0.39, 0.29) is 30.7 Å². The summed E-state index contributed by atoms with van der Waals surface area (Å²) < 4.78 is 43.9. The van der Waals surface area contributed by atoms with Crippen LogP contribution in [0.1, 0.15) is 29.0 Å². The first-order valence-corrected chi connectivity index (χ1v) is 6.39. The summed E-state index contributed by atoms with van der Waals surface area (Å²) in [4.78, 5) is 11.2. The average molecular weight is 299 g/mol. The molecule has 0 atom stereocenters. The van der Waals surface area contributed by atoms with Crippen LogP contribution in [0.4, 0.5) is 13.2 Å². The highest BCUT2D eigenvalue weighted by molar-refractivity contribution is 5.95. The number of carbonyl (C=O) groups is 1. The van der Waals surface area contributed by atoms with Gasteiger partial charge in [0.05, 0.1) is 0 Å². The van der Waals surface area contributed by atoms with Gasteiger partial charge in [0.25, 0.3) is 0 Å². The highest BCUT2D eigenvalue weighted by Gasteiger charge is 2.63. The van der Waals surface area contributed by atoms with Crippen molar-refractivity contribution < 1.29 is 27.5 Å². The summed E-state index contributed by atoms with van der Waals surface area (Å²) in [6.45, 7) is -0.196. The monoisotopic (exact) mass is 299 g/mol. The normalized spacial score (nSPS) is 17.1. The van der Waals surface area contributed by atoms with Crippen molar-refractivity contribution in [1.82, 2.24) is 5.32 Å². The van der Waals surface area contributed by atoms with Crippen LogP contribution >= 0.6 is 0 Å². The second-order valence-electron chi connectivity index (χ2n) is 5.14. The molecule has 0 radical (unpaired) electrons. The Morgan fingerprint density at radius 1 is 1.33 bits per heavy atom. The molecule has 4 nitrogen and oxygen atoms in total. The molecule has 0 amide bonds. The molecule has 0 spiro atoms. The Labute approximate surface area is 117 Å². The number of carboxylic acid groups (broad SMARTS) is 1. The lowest BCUT2D eigenvalue weighted by Gasteiger charge is -2.20. The first-order chi connectivity index (χ1) is 9.84. The van der Waals surface area contributed by atoms with Gasteiger partial charge in [-0.05, 0) is 18.9 Å². The van der Waals surface area contributed by atoms with Gasteiger partial charge in [-0.1, -0.05) is 18.2 Å². The van der Waals surface area contributed by atoms with Gasteiger partial charge in [0.15, 0.2) is 0 Å².